The minimum atomic E-state index is -1.39. The van der Waals surface area contributed by atoms with E-state index in [0.717, 1.165) is 0 Å². The normalized spacial score (nSPS) is 13.4. The van der Waals surface area contributed by atoms with Gasteiger partial charge in [0.05, 0.1) is 12.0 Å². The van der Waals surface area contributed by atoms with Crippen LogP contribution in [-0.2, 0) is 9.53 Å². The summed E-state index contributed by atoms with van der Waals surface area (Å²) in [5.41, 5.74) is 4.72. The van der Waals surface area contributed by atoms with E-state index in [1.54, 1.807) is 13.0 Å². The Kier molecular flexibility index (Phi) is 5.07. The molecule has 0 aliphatic carbocycles. The summed E-state index contributed by atoms with van der Waals surface area (Å²) in [4.78, 5) is 21.9. The molecule has 1 aromatic rings. The lowest BCUT2D eigenvalue weighted by Gasteiger charge is -2.22. The SMILES string of the molecule is COC(=O)C(C)(N)COc1c(C)cc(Br)cc1[N+](=O)[O-]. The number of nitro benzene ring substituents is 1. The molecule has 0 fully saturated rings. The standard InChI is InChI=1S/C12H15BrN2O5/c1-7-4-8(13)5-9(15(17)18)10(7)20-6-12(2,14)11(16)19-3/h4-5H,6,14H2,1-3H3. The van der Waals surface area contributed by atoms with Gasteiger partial charge < -0.3 is 15.2 Å². The van der Waals surface area contributed by atoms with Gasteiger partial charge in [0.2, 0.25) is 0 Å². The summed E-state index contributed by atoms with van der Waals surface area (Å²) >= 11 is 3.18. The van der Waals surface area contributed by atoms with Crippen LogP contribution in [0.2, 0.25) is 0 Å². The molecule has 2 N–H and O–H groups in total. The fraction of sp³-hybridized carbons (Fsp3) is 0.417. The average molecular weight is 347 g/mol. The Morgan fingerprint density at radius 1 is 1.55 bits per heavy atom. The lowest BCUT2D eigenvalue weighted by molar-refractivity contribution is -0.386. The van der Waals surface area contributed by atoms with Gasteiger partial charge in [-0.05, 0) is 25.5 Å². The molecule has 1 atom stereocenters. The molecule has 0 spiro atoms. The van der Waals surface area contributed by atoms with E-state index in [9.17, 15) is 14.9 Å². The van der Waals surface area contributed by atoms with Crippen LogP contribution in [0.15, 0.2) is 16.6 Å². The van der Waals surface area contributed by atoms with Gasteiger partial charge in [-0.25, -0.2) is 4.79 Å². The van der Waals surface area contributed by atoms with Gasteiger partial charge in [0.15, 0.2) is 5.75 Å². The highest BCUT2D eigenvalue weighted by Gasteiger charge is 2.32. The van der Waals surface area contributed by atoms with Crippen LogP contribution in [0.4, 0.5) is 5.69 Å². The molecule has 0 bridgehead atoms. The van der Waals surface area contributed by atoms with Gasteiger partial charge in [0.25, 0.3) is 0 Å². The topological polar surface area (TPSA) is 105 Å². The van der Waals surface area contributed by atoms with Gasteiger partial charge in [-0.3, -0.25) is 10.1 Å². The highest BCUT2D eigenvalue weighted by atomic mass is 79.9. The molecule has 0 radical (unpaired) electrons. The quantitative estimate of drug-likeness (QED) is 0.496. The number of aryl methyl sites for hydroxylation is 1. The highest BCUT2D eigenvalue weighted by molar-refractivity contribution is 9.10. The monoisotopic (exact) mass is 346 g/mol. The number of ether oxygens (including phenoxy) is 2. The summed E-state index contributed by atoms with van der Waals surface area (Å²) in [6.45, 7) is 2.86. The van der Waals surface area contributed by atoms with Gasteiger partial charge in [-0.2, -0.15) is 0 Å². The first-order chi connectivity index (χ1) is 9.19. The van der Waals surface area contributed by atoms with Gasteiger partial charge in [-0.1, -0.05) is 15.9 Å². The zero-order valence-corrected chi connectivity index (χ0v) is 12.9. The number of carbonyl (C=O) groups is 1. The molecule has 0 aliphatic heterocycles. The summed E-state index contributed by atoms with van der Waals surface area (Å²) < 4.78 is 10.5. The Balaban J connectivity index is 3.04. The molecule has 1 aromatic carbocycles. The van der Waals surface area contributed by atoms with Crippen molar-refractivity contribution in [3.8, 4) is 5.75 Å². The van der Waals surface area contributed by atoms with E-state index >= 15 is 0 Å². The summed E-state index contributed by atoms with van der Waals surface area (Å²) in [5, 5.41) is 11.0. The molecule has 0 saturated carbocycles. The van der Waals surface area contributed by atoms with Crippen LogP contribution < -0.4 is 10.5 Å². The van der Waals surface area contributed by atoms with Crippen molar-refractivity contribution in [1.82, 2.24) is 0 Å². The summed E-state index contributed by atoms with van der Waals surface area (Å²) in [7, 11) is 1.21. The first-order valence-corrected chi connectivity index (χ1v) is 6.43. The van der Waals surface area contributed by atoms with Crippen molar-refractivity contribution in [2.24, 2.45) is 5.73 Å². The summed E-state index contributed by atoms with van der Waals surface area (Å²) in [6, 6.07) is 3.00. The fourth-order valence-electron chi connectivity index (χ4n) is 1.55. The minimum absolute atomic E-state index is 0.0822. The predicted molar refractivity (Wildman–Crippen MR) is 75.6 cm³/mol. The first kappa shape index (κ1) is 16.4. The first-order valence-electron chi connectivity index (χ1n) is 5.63. The van der Waals surface area contributed by atoms with E-state index < -0.39 is 16.4 Å². The molecular weight excluding hydrogens is 332 g/mol. The second-order valence-corrected chi connectivity index (χ2v) is 5.44. The van der Waals surface area contributed by atoms with Crippen molar-refractivity contribution < 1.29 is 19.2 Å². The molecule has 0 aromatic heterocycles. The number of esters is 1. The number of methoxy groups -OCH3 is 1. The van der Waals surface area contributed by atoms with Crippen molar-refractivity contribution in [3.05, 3.63) is 32.3 Å². The number of carbonyl (C=O) groups excluding carboxylic acids is 1. The van der Waals surface area contributed by atoms with Crippen molar-refractivity contribution >= 4 is 27.6 Å². The molecule has 8 heteroatoms. The van der Waals surface area contributed by atoms with Crippen LogP contribution in [0.1, 0.15) is 12.5 Å². The maximum Gasteiger partial charge on any atom is 0.329 e. The number of hydrogen-bond acceptors (Lipinski definition) is 6. The van der Waals surface area contributed by atoms with Gasteiger partial charge >= 0.3 is 11.7 Å². The maximum absolute atomic E-state index is 11.4. The molecule has 0 amide bonds. The van der Waals surface area contributed by atoms with Gasteiger partial charge in [-0.15, -0.1) is 0 Å². The third-order valence-corrected chi connectivity index (χ3v) is 3.04. The number of halogens is 1. The lowest BCUT2D eigenvalue weighted by Crippen LogP contribution is -2.50. The van der Waals surface area contributed by atoms with Gasteiger partial charge in [0.1, 0.15) is 12.1 Å². The predicted octanol–water partition coefficient (Wildman–Crippen LogP) is 1.93. The number of nitro groups is 1. The molecule has 0 saturated heterocycles. The number of nitrogens with two attached hydrogens (primary N) is 1. The molecule has 110 valence electrons. The number of benzene rings is 1. The van der Waals surface area contributed by atoms with E-state index in [1.807, 2.05) is 0 Å². The van der Waals surface area contributed by atoms with Crippen molar-refractivity contribution in [2.45, 2.75) is 19.4 Å². The summed E-state index contributed by atoms with van der Waals surface area (Å²) in [6.07, 6.45) is 0. The van der Waals surface area contributed by atoms with Crippen LogP contribution in [0.5, 0.6) is 5.75 Å². The number of hydrogen-bond donors (Lipinski definition) is 1. The Morgan fingerprint density at radius 2 is 2.15 bits per heavy atom. The largest absolute Gasteiger partial charge is 0.484 e. The molecule has 1 unspecified atom stereocenters. The Labute approximate surface area is 124 Å². The second-order valence-electron chi connectivity index (χ2n) is 4.53. The number of nitrogens with zero attached hydrogens (tertiary/aromatic N) is 1. The smallest absolute Gasteiger partial charge is 0.329 e. The van der Waals surface area contributed by atoms with Crippen LogP contribution in [-0.4, -0.2) is 30.1 Å². The van der Waals surface area contributed by atoms with Crippen molar-refractivity contribution in [3.63, 3.8) is 0 Å². The third-order valence-electron chi connectivity index (χ3n) is 2.58. The van der Waals surface area contributed by atoms with E-state index in [4.69, 9.17) is 10.5 Å². The fourth-order valence-corrected chi connectivity index (χ4v) is 2.11. The summed E-state index contributed by atoms with van der Waals surface area (Å²) in [5.74, 6) is -0.575. The van der Waals surface area contributed by atoms with Crippen LogP contribution in [0, 0.1) is 17.0 Å². The molecule has 20 heavy (non-hydrogen) atoms. The molecule has 7 nitrogen and oxygen atoms in total. The lowest BCUT2D eigenvalue weighted by atomic mass is 10.1. The second kappa shape index (κ2) is 6.19. The van der Waals surface area contributed by atoms with Crippen LogP contribution >= 0.6 is 15.9 Å². The highest BCUT2D eigenvalue weighted by Crippen LogP contribution is 2.34. The Morgan fingerprint density at radius 3 is 2.65 bits per heavy atom. The maximum atomic E-state index is 11.4. The average Bonchev–Trinajstić information content (AvgIpc) is 2.35. The van der Waals surface area contributed by atoms with E-state index in [1.165, 1.54) is 20.1 Å². The van der Waals surface area contributed by atoms with E-state index in [2.05, 4.69) is 20.7 Å². The molecule has 1 rings (SSSR count). The zero-order chi connectivity index (χ0) is 15.5. The minimum Gasteiger partial charge on any atom is -0.484 e. The Bertz CT molecular complexity index is 545. The van der Waals surface area contributed by atoms with Gasteiger partial charge in [0, 0.05) is 10.5 Å². The van der Waals surface area contributed by atoms with E-state index in [0.29, 0.717) is 10.0 Å². The zero-order valence-electron chi connectivity index (χ0n) is 11.3. The van der Waals surface area contributed by atoms with E-state index in [-0.39, 0.29) is 18.0 Å². The molecule has 0 heterocycles. The van der Waals surface area contributed by atoms with Crippen LogP contribution in [0.25, 0.3) is 0 Å². The van der Waals surface area contributed by atoms with Crippen molar-refractivity contribution in [2.75, 3.05) is 13.7 Å². The molecule has 0 aliphatic rings. The number of rotatable bonds is 5. The Hall–Kier alpha value is -1.67. The molecular formula is C12H15BrN2O5. The van der Waals surface area contributed by atoms with Crippen LogP contribution in [0.3, 0.4) is 0 Å². The van der Waals surface area contributed by atoms with Crippen molar-refractivity contribution in [1.29, 1.82) is 0 Å². The third kappa shape index (κ3) is 3.67.